The van der Waals surface area contributed by atoms with Crippen molar-refractivity contribution in [3.05, 3.63) is 42.0 Å². The summed E-state index contributed by atoms with van der Waals surface area (Å²) >= 11 is 1.53. The smallest absolute Gasteiger partial charge is 0.327 e. The van der Waals surface area contributed by atoms with Gasteiger partial charge in [0.15, 0.2) is 0 Å². The molecule has 1 aromatic rings. The molecule has 1 N–H and O–H groups in total. The molecule has 0 aliphatic carbocycles. The van der Waals surface area contributed by atoms with Crippen molar-refractivity contribution in [1.82, 2.24) is 4.90 Å². The van der Waals surface area contributed by atoms with Crippen molar-refractivity contribution in [2.24, 2.45) is 0 Å². The molecule has 2 unspecified atom stereocenters. The molecule has 5 heteroatoms. The van der Waals surface area contributed by atoms with Crippen LogP contribution in [0.15, 0.2) is 36.4 Å². The van der Waals surface area contributed by atoms with Crippen molar-refractivity contribution in [2.75, 3.05) is 5.75 Å². The van der Waals surface area contributed by atoms with Crippen LogP contribution in [0.4, 0.5) is 0 Å². The Kier molecular flexibility index (Phi) is 4.84. The van der Waals surface area contributed by atoms with E-state index < -0.39 is 12.0 Å². The largest absolute Gasteiger partial charge is 0.480 e. The van der Waals surface area contributed by atoms with Gasteiger partial charge in [0.2, 0.25) is 5.91 Å². The van der Waals surface area contributed by atoms with E-state index in [0.29, 0.717) is 5.75 Å². The molecular weight excluding hydrogens is 274 g/mol. The first-order chi connectivity index (χ1) is 9.63. The van der Waals surface area contributed by atoms with E-state index in [2.05, 4.69) is 0 Å². The first-order valence-corrected chi connectivity index (χ1v) is 7.58. The van der Waals surface area contributed by atoms with Gasteiger partial charge in [-0.25, -0.2) is 4.79 Å². The normalized spacial score (nSPS) is 22.4. The highest BCUT2D eigenvalue weighted by Gasteiger charge is 2.39. The van der Waals surface area contributed by atoms with Crippen molar-refractivity contribution in [3.63, 3.8) is 0 Å². The second kappa shape index (κ2) is 6.61. The number of thioether (sulfide) groups is 1. The summed E-state index contributed by atoms with van der Waals surface area (Å²) in [7, 11) is 0. The SMILES string of the molecule is CCC1SCC(C(=O)O)N1C(=O)C=Cc1ccccc1. The van der Waals surface area contributed by atoms with Crippen LogP contribution in [0.2, 0.25) is 0 Å². The van der Waals surface area contributed by atoms with Gasteiger partial charge in [-0.1, -0.05) is 37.3 Å². The Balaban J connectivity index is 2.13. The lowest BCUT2D eigenvalue weighted by Gasteiger charge is -2.25. The highest BCUT2D eigenvalue weighted by molar-refractivity contribution is 8.00. The minimum Gasteiger partial charge on any atom is -0.480 e. The Morgan fingerprint density at radius 2 is 2.10 bits per heavy atom. The average Bonchev–Trinajstić information content (AvgIpc) is 2.90. The fourth-order valence-electron chi connectivity index (χ4n) is 2.18. The molecule has 1 aliphatic heterocycles. The lowest BCUT2D eigenvalue weighted by Crippen LogP contribution is -2.44. The maximum absolute atomic E-state index is 12.3. The van der Waals surface area contributed by atoms with E-state index in [4.69, 9.17) is 0 Å². The van der Waals surface area contributed by atoms with Crippen LogP contribution in [0.5, 0.6) is 0 Å². The molecule has 0 aromatic heterocycles. The first-order valence-electron chi connectivity index (χ1n) is 6.53. The summed E-state index contributed by atoms with van der Waals surface area (Å²) in [6.07, 6.45) is 3.93. The monoisotopic (exact) mass is 291 g/mol. The topological polar surface area (TPSA) is 57.6 Å². The van der Waals surface area contributed by atoms with Crippen molar-refractivity contribution >= 4 is 29.7 Å². The number of rotatable bonds is 4. The molecule has 1 aromatic carbocycles. The molecule has 0 radical (unpaired) electrons. The Labute approximate surface area is 122 Å². The number of carboxylic acid groups (broad SMARTS) is 1. The molecular formula is C15H17NO3S. The van der Waals surface area contributed by atoms with Crippen molar-refractivity contribution in [2.45, 2.75) is 24.8 Å². The van der Waals surface area contributed by atoms with Gasteiger partial charge in [0, 0.05) is 11.8 Å². The molecule has 1 aliphatic rings. The molecule has 1 heterocycles. The van der Waals surface area contributed by atoms with Gasteiger partial charge in [-0.15, -0.1) is 11.8 Å². The van der Waals surface area contributed by atoms with Gasteiger partial charge in [-0.2, -0.15) is 0 Å². The van der Waals surface area contributed by atoms with Gasteiger partial charge in [-0.3, -0.25) is 4.79 Å². The van der Waals surface area contributed by atoms with Gasteiger partial charge in [0.1, 0.15) is 6.04 Å². The predicted octanol–water partition coefficient (Wildman–Crippen LogP) is 2.46. The summed E-state index contributed by atoms with van der Waals surface area (Å²) in [5, 5.41) is 9.15. The Bertz CT molecular complexity index is 515. The predicted molar refractivity (Wildman–Crippen MR) is 80.3 cm³/mol. The second-order valence-corrected chi connectivity index (χ2v) is 5.75. The zero-order chi connectivity index (χ0) is 14.5. The molecule has 4 nitrogen and oxygen atoms in total. The molecule has 1 fully saturated rings. The minimum absolute atomic E-state index is 0.0518. The highest BCUT2D eigenvalue weighted by atomic mass is 32.2. The third-order valence-electron chi connectivity index (χ3n) is 3.20. The summed E-state index contributed by atoms with van der Waals surface area (Å²) in [5.41, 5.74) is 0.924. The Morgan fingerprint density at radius 1 is 1.40 bits per heavy atom. The maximum atomic E-state index is 12.3. The second-order valence-electron chi connectivity index (χ2n) is 4.54. The fraction of sp³-hybridized carbons (Fsp3) is 0.333. The van der Waals surface area contributed by atoms with Gasteiger partial charge < -0.3 is 10.0 Å². The van der Waals surface area contributed by atoms with E-state index in [-0.39, 0.29) is 11.3 Å². The zero-order valence-electron chi connectivity index (χ0n) is 11.2. The van der Waals surface area contributed by atoms with E-state index in [1.807, 2.05) is 37.3 Å². The maximum Gasteiger partial charge on any atom is 0.327 e. The molecule has 0 spiro atoms. The van der Waals surface area contributed by atoms with Gasteiger partial charge in [-0.05, 0) is 18.1 Å². The van der Waals surface area contributed by atoms with E-state index in [1.54, 1.807) is 6.08 Å². The van der Waals surface area contributed by atoms with Crippen LogP contribution in [0.25, 0.3) is 6.08 Å². The molecule has 2 rings (SSSR count). The standard InChI is InChI=1S/C15H17NO3S/c1-2-14-16(12(10-20-14)15(18)19)13(17)9-8-11-6-4-3-5-7-11/h3-9,12,14H,2,10H2,1H3,(H,18,19). The van der Waals surface area contributed by atoms with E-state index in [1.165, 1.54) is 22.7 Å². The summed E-state index contributed by atoms with van der Waals surface area (Å²) < 4.78 is 0. The van der Waals surface area contributed by atoms with E-state index >= 15 is 0 Å². The summed E-state index contributed by atoms with van der Waals surface area (Å²) in [5.74, 6) is -0.716. The number of carbonyl (C=O) groups excluding carboxylic acids is 1. The van der Waals surface area contributed by atoms with Gasteiger partial charge >= 0.3 is 5.97 Å². The van der Waals surface area contributed by atoms with E-state index in [0.717, 1.165) is 12.0 Å². The molecule has 2 atom stereocenters. The van der Waals surface area contributed by atoms with Gasteiger partial charge in [0.05, 0.1) is 5.37 Å². The van der Waals surface area contributed by atoms with Crippen LogP contribution >= 0.6 is 11.8 Å². The molecule has 0 saturated carbocycles. The third-order valence-corrected chi connectivity index (χ3v) is 4.65. The lowest BCUT2D eigenvalue weighted by atomic mass is 10.2. The third kappa shape index (κ3) is 3.22. The van der Waals surface area contributed by atoms with Crippen molar-refractivity contribution in [3.8, 4) is 0 Å². The van der Waals surface area contributed by atoms with Gasteiger partial charge in [0.25, 0.3) is 0 Å². The molecule has 20 heavy (non-hydrogen) atoms. The summed E-state index contributed by atoms with van der Waals surface area (Å²) in [4.78, 5) is 25.0. The average molecular weight is 291 g/mol. The number of hydrogen-bond donors (Lipinski definition) is 1. The number of carboxylic acids is 1. The van der Waals surface area contributed by atoms with Crippen molar-refractivity contribution in [1.29, 1.82) is 0 Å². The van der Waals surface area contributed by atoms with Crippen LogP contribution < -0.4 is 0 Å². The zero-order valence-corrected chi connectivity index (χ0v) is 12.0. The number of benzene rings is 1. The summed E-state index contributed by atoms with van der Waals surface area (Å²) in [6.45, 7) is 1.96. The van der Waals surface area contributed by atoms with Crippen LogP contribution in [0.3, 0.4) is 0 Å². The molecule has 0 bridgehead atoms. The first kappa shape index (κ1) is 14.7. The Morgan fingerprint density at radius 3 is 2.70 bits per heavy atom. The number of nitrogens with zero attached hydrogens (tertiary/aromatic N) is 1. The van der Waals surface area contributed by atoms with Crippen molar-refractivity contribution < 1.29 is 14.7 Å². The van der Waals surface area contributed by atoms with Crippen LogP contribution in [0.1, 0.15) is 18.9 Å². The van der Waals surface area contributed by atoms with Crippen LogP contribution in [-0.4, -0.2) is 39.1 Å². The summed E-state index contributed by atoms with van der Waals surface area (Å²) in [6, 6.07) is 8.76. The fourth-order valence-corrected chi connectivity index (χ4v) is 3.54. The molecule has 106 valence electrons. The molecule has 1 saturated heterocycles. The highest BCUT2D eigenvalue weighted by Crippen LogP contribution is 2.31. The van der Waals surface area contributed by atoms with Crippen LogP contribution in [0, 0.1) is 0 Å². The minimum atomic E-state index is -0.935. The van der Waals surface area contributed by atoms with Crippen LogP contribution in [-0.2, 0) is 9.59 Å². The lowest BCUT2D eigenvalue weighted by molar-refractivity contribution is -0.147. The number of aliphatic carboxylic acids is 1. The Hall–Kier alpha value is -1.75. The number of carbonyl (C=O) groups is 2. The van der Waals surface area contributed by atoms with E-state index in [9.17, 15) is 14.7 Å². The quantitative estimate of drug-likeness (QED) is 0.866. The molecule has 1 amide bonds. The number of amides is 1. The number of hydrogen-bond acceptors (Lipinski definition) is 3.